The van der Waals surface area contributed by atoms with Gasteiger partial charge in [-0.3, -0.25) is 4.79 Å². The number of hydrogen-bond donors (Lipinski definition) is 1. The van der Waals surface area contributed by atoms with Crippen LogP contribution < -0.4 is 5.32 Å². The van der Waals surface area contributed by atoms with Crippen LogP contribution >= 0.6 is 0 Å². The third-order valence-corrected chi connectivity index (χ3v) is 2.68. The van der Waals surface area contributed by atoms with Crippen molar-refractivity contribution in [2.75, 3.05) is 0 Å². The highest BCUT2D eigenvalue weighted by molar-refractivity contribution is 5.81. The molecule has 0 bridgehead atoms. The molecule has 152 valence electrons. The molecular weight excluding hydrogens is 338 g/mol. The van der Waals surface area contributed by atoms with Crippen molar-refractivity contribution in [2.24, 2.45) is 0 Å². The van der Waals surface area contributed by atoms with Gasteiger partial charge in [-0.2, -0.15) is 0 Å². The largest absolute Gasteiger partial charge is 0.460 e. The van der Waals surface area contributed by atoms with Gasteiger partial charge in [-0.15, -0.1) is 0 Å². The fourth-order valence-electron chi connectivity index (χ4n) is 1.91. The number of hydrogen-bond acceptors (Lipinski definition) is 6. The molecule has 0 aromatic heterocycles. The van der Waals surface area contributed by atoms with Gasteiger partial charge in [-0.1, -0.05) is 0 Å². The number of esters is 2. The summed E-state index contributed by atoms with van der Waals surface area (Å²) in [4.78, 5) is 36.1. The van der Waals surface area contributed by atoms with Crippen LogP contribution in [0.1, 0.15) is 81.6 Å². The second-order valence-corrected chi connectivity index (χ2v) is 9.21. The van der Waals surface area contributed by atoms with E-state index in [9.17, 15) is 14.4 Å². The first-order chi connectivity index (χ1) is 11.5. The number of rotatable bonds is 6. The van der Waals surface area contributed by atoms with Gasteiger partial charge in [0.1, 0.15) is 22.8 Å². The van der Waals surface area contributed by atoms with Gasteiger partial charge >= 0.3 is 18.0 Å². The maximum atomic E-state index is 12.4. The second-order valence-electron chi connectivity index (χ2n) is 9.21. The Hall–Kier alpha value is -1.79. The number of amides is 1. The Labute approximate surface area is 157 Å². The predicted octanol–water partition coefficient (Wildman–Crippen LogP) is 3.73. The minimum atomic E-state index is -0.897. The highest BCUT2D eigenvalue weighted by Gasteiger charge is 2.28. The molecule has 7 nitrogen and oxygen atoms in total. The number of ether oxygens (including phenoxy) is 3. The molecule has 0 saturated heterocycles. The van der Waals surface area contributed by atoms with E-state index in [0.29, 0.717) is 6.42 Å². The summed E-state index contributed by atoms with van der Waals surface area (Å²) >= 11 is 0. The van der Waals surface area contributed by atoms with Crippen molar-refractivity contribution in [1.82, 2.24) is 5.32 Å². The first kappa shape index (κ1) is 24.2. The van der Waals surface area contributed by atoms with E-state index in [4.69, 9.17) is 14.2 Å². The summed E-state index contributed by atoms with van der Waals surface area (Å²) < 4.78 is 15.8. The molecule has 26 heavy (non-hydrogen) atoms. The zero-order valence-electron chi connectivity index (χ0n) is 17.6. The molecule has 0 spiro atoms. The minimum absolute atomic E-state index is 0.145. The molecule has 0 saturated carbocycles. The van der Waals surface area contributed by atoms with Crippen molar-refractivity contribution in [2.45, 2.75) is 104 Å². The van der Waals surface area contributed by atoms with Crippen LogP contribution in [-0.2, 0) is 23.8 Å². The van der Waals surface area contributed by atoms with Crippen LogP contribution in [0, 0.1) is 0 Å². The number of carbonyl (C=O) groups excluding carboxylic acids is 3. The summed E-state index contributed by atoms with van der Waals surface area (Å²) in [6, 6.07) is -0.897. The molecular formula is C19H35NO6. The number of carbonyl (C=O) groups is 3. The minimum Gasteiger partial charge on any atom is -0.460 e. The summed E-state index contributed by atoms with van der Waals surface area (Å²) in [5, 5.41) is 2.53. The van der Waals surface area contributed by atoms with Crippen LogP contribution in [-0.4, -0.2) is 40.9 Å². The van der Waals surface area contributed by atoms with Crippen LogP contribution in [0.4, 0.5) is 4.79 Å². The zero-order valence-corrected chi connectivity index (χ0v) is 17.6. The van der Waals surface area contributed by atoms with E-state index in [0.717, 1.165) is 0 Å². The lowest BCUT2D eigenvalue weighted by molar-refractivity contribution is -0.159. The molecule has 0 aromatic carbocycles. The lowest BCUT2D eigenvalue weighted by Crippen LogP contribution is -2.46. The molecule has 7 heteroatoms. The predicted molar refractivity (Wildman–Crippen MR) is 98.7 cm³/mol. The number of nitrogens with one attached hydrogen (secondary N) is 1. The first-order valence-corrected chi connectivity index (χ1v) is 8.93. The molecule has 1 amide bonds. The molecule has 0 aliphatic heterocycles. The normalized spacial score (nSPS) is 13.6. The Morgan fingerprint density at radius 3 is 1.65 bits per heavy atom. The Morgan fingerprint density at radius 1 is 0.769 bits per heavy atom. The van der Waals surface area contributed by atoms with Gasteiger partial charge in [0, 0.05) is 6.42 Å². The van der Waals surface area contributed by atoms with Gasteiger partial charge in [0.15, 0.2) is 0 Å². The molecule has 1 atom stereocenters. The van der Waals surface area contributed by atoms with Crippen LogP contribution in [0.25, 0.3) is 0 Å². The smallest absolute Gasteiger partial charge is 0.408 e. The Bertz CT molecular complexity index is 494. The Balaban J connectivity index is 4.80. The lowest BCUT2D eigenvalue weighted by Gasteiger charge is -2.26. The van der Waals surface area contributed by atoms with E-state index in [1.807, 2.05) is 0 Å². The summed E-state index contributed by atoms with van der Waals surface area (Å²) in [6.45, 7) is 15.8. The van der Waals surface area contributed by atoms with E-state index in [2.05, 4.69) is 5.32 Å². The van der Waals surface area contributed by atoms with Crippen LogP contribution in [0.15, 0.2) is 0 Å². The van der Waals surface area contributed by atoms with Crippen molar-refractivity contribution in [3.05, 3.63) is 0 Å². The third kappa shape index (κ3) is 13.5. The Morgan fingerprint density at radius 2 is 1.23 bits per heavy atom. The summed E-state index contributed by atoms with van der Waals surface area (Å²) in [6.07, 6.45) is 0.0554. The highest BCUT2D eigenvalue weighted by atomic mass is 16.6. The van der Waals surface area contributed by atoms with Crippen molar-refractivity contribution < 1.29 is 28.6 Å². The van der Waals surface area contributed by atoms with E-state index in [-0.39, 0.29) is 18.8 Å². The third-order valence-electron chi connectivity index (χ3n) is 2.68. The summed E-state index contributed by atoms with van der Waals surface area (Å²) in [7, 11) is 0. The van der Waals surface area contributed by atoms with Crippen molar-refractivity contribution in [3.63, 3.8) is 0 Å². The van der Waals surface area contributed by atoms with E-state index in [1.165, 1.54) is 0 Å². The van der Waals surface area contributed by atoms with Gasteiger partial charge in [-0.05, 0) is 75.2 Å². The van der Waals surface area contributed by atoms with Crippen LogP contribution in [0.5, 0.6) is 0 Å². The van der Waals surface area contributed by atoms with Crippen molar-refractivity contribution in [3.8, 4) is 0 Å². The zero-order chi connectivity index (χ0) is 20.8. The first-order valence-electron chi connectivity index (χ1n) is 8.93. The van der Waals surface area contributed by atoms with Gasteiger partial charge < -0.3 is 19.5 Å². The van der Waals surface area contributed by atoms with Gasteiger partial charge in [0.25, 0.3) is 0 Å². The standard InChI is InChI=1S/C19H35NO6/c1-17(2,3)24-14(21)12-10-11-13(15(22)25-18(4,5)6)20-16(23)26-19(7,8)9/h13H,10-12H2,1-9H3,(H,20,23). The van der Waals surface area contributed by atoms with E-state index < -0.39 is 34.9 Å². The molecule has 1 unspecified atom stereocenters. The van der Waals surface area contributed by atoms with Crippen molar-refractivity contribution >= 4 is 18.0 Å². The average Bonchev–Trinajstić information content (AvgIpc) is 2.30. The molecule has 0 rings (SSSR count). The van der Waals surface area contributed by atoms with Gasteiger partial charge in [0.2, 0.25) is 0 Å². The topological polar surface area (TPSA) is 90.9 Å². The fourth-order valence-corrected chi connectivity index (χ4v) is 1.91. The molecule has 0 aromatic rings. The molecule has 0 radical (unpaired) electrons. The maximum Gasteiger partial charge on any atom is 0.408 e. The van der Waals surface area contributed by atoms with E-state index >= 15 is 0 Å². The maximum absolute atomic E-state index is 12.4. The van der Waals surface area contributed by atoms with Crippen molar-refractivity contribution in [1.29, 1.82) is 0 Å². The monoisotopic (exact) mass is 373 g/mol. The second kappa shape index (κ2) is 9.24. The quantitative estimate of drug-likeness (QED) is 0.563. The summed E-state index contributed by atoms with van der Waals surface area (Å²) in [5.74, 6) is -0.912. The molecule has 0 heterocycles. The molecule has 0 aliphatic carbocycles. The number of alkyl carbamates (subject to hydrolysis) is 1. The summed E-state index contributed by atoms with van der Waals surface area (Å²) in [5.41, 5.74) is -1.92. The highest BCUT2D eigenvalue weighted by Crippen LogP contribution is 2.15. The molecule has 0 fully saturated rings. The van der Waals surface area contributed by atoms with Crippen LogP contribution in [0.2, 0.25) is 0 Å². The van der Waals surface area contributed by atoms with Gasteiger partial charge in [0.05, 0.1) is 0 Å². The SMILES string of the molecule is CC(C)(C)OC(=O)CCCC(NC(=O)OC(C)(C)C)C(=O)OC(C)(C)C. The van der Waals surface area contributed by atoms with Crippen LogP contribution in [0.3, 0.4) is 0 Å². The fraction of sp³-hybridized carbons (Fsp3) is 0.842. The van der Waals surface area contributed by atoms with E-state index in [1.54, 1.807) is 62.3 Å². The molecule has 0 aliphatic rings. The molecule has 1 N–H and O–H groups in total. The van der Waals surface area contributed by atoms with Gasteiger partial charge in [-0.25, -0.2) is 9.59 Å². The average molecular weight is 373 g/mol. The lowest BCUT2D eigenvalue weighted by atomic mass is 10.1. The Kier molecular flexibility index (Phi) is 8.60.